The number of thioether (sulfide) groups is 1. The Morgan fingerprint density at radius 1 is 1.25 bits per heavy atom. The first-order chi connectivity index (χ1) is 7.41. The summed E-state index contributed by atoms with van der Waals surface area (Å²) in [6.07, 6.45) is -4.24. The lowest BCUT2D eigenvalue weighted by Gasteiger charge is -2.23. The molecule has 2 N–H and O–H groups in total. The van der Waals surface area contributed by atoms with Crippen LogP contribution in [0.15, 0.2) is 30.3 Å². The molecule has 0 amide bonds. The fourth-order valence-corrected chi connectivity index (χ4v) is 2.36. The van der Waals surface area contributed by atoms with Crippen molar-refractivity contribution in [1.29, 1.82) is 0 Å². The van der Waals surface area contributed by atoms with Gasteiger partial charge in [0.1, 0.15) is 5.25 Å². The van der Waals surface area contributed by atoms with Crippen molar-refractivity contribution in [2.24, 2.45) is 5.73 Å². The van der Waals surface area contributed by atoms with Crippen molar-refractivity contribution in [3.8, 4) is 0 Å². The van der Waals surface area contributed by atoms with Crippen LogP contribution in [-0.2, 0) is 5.75 Å². The van der Waals surface area contributed by atoms with Crippen LogP contribution in [0.2, 0.25) is 0 Å². The third kappa shape index (κ3) is 4.06. The zero-order chi connectivity index (χ0) is 12.2. The Hall–Kier alpha value is -0.680. The minimum Gasteiger partial charge on any atom is -0.327 e. The third-order valence-electron chi connectivity index (χ3n) is 2.07. The number of hydrogen-bond acceptors (Lipinski definition) is 2. The van der Waals surface area contributed by atoms with Gasteiger partial charge in [0.2, 0.25) is 0 Å². The molecule has 1 aromatic carbocycles. The summed E-state index contributed by atoms with van der Waals surface area (Å²) in [4.78, 5) is 0. The van der Waals surface area contributed by atoms with Gasteiger partial charge in [0.25, 0.3) is 0 Å². The molecule has 16 heavy (non-hydrogen) atoms. The van der Waals surface area contributed by atoms with Gasteiger partial charge in [0.15, 0.2) is 0 Å². The second kappa shape index (κ2) is 5.59. The van der Waals surface area contributed by atoms with Gasteiger partial charge in [0, 0.05) is 11.8 Å². The lowest BCUT2D eigenvalue weighted by Crippen LogP contribution is -2.40. The SMILES string of the molecule is CC(N)C(SCc1ccccc1)C(F)(F)F. The van der Waals surface area contributed by atoms with Gasteiger partial charge >= 0.3 is 6.18 Å². The number of benzene rings is 1. The second-order valence-electron chi connectivity index (χ2n) is 3.62. The molecule has 0 fully saturated rings. The van der Waals surface area contributed by atoms with Crippen LogP contribution >= 0.6 is 11.8 Å². The molecule has 0 spiro atoms. The van der Waals surface area contributed by atoms with E-state index >= 15 is 0 Å². The van der Waals surface area contributed by atoms with Crippen LogP contribution < -0.4 is 5.73 Å². The van der Waals surface area contributed by atoms with Gasteiger partial charge < -0.3 is 5.73 Å². The monoisotopic (exact) mass is 249 g/mol. The predicted octanol–water partition coefficient (Wildman–Crippen LogP) is 3.20. The lowest BCUT2D eigenvalue weighted by molar-refractivity contribution is -0.131. The fraction of sp³-hybridized carbons (Fsp3) is 0.455. The Morgan fingerprint density at radius 3 is 2.25 bits per heavy atom. The highest BCUT2D eigenvalue weighted by Gasteiger charge is 2.42. The zero-order valence-corrected chi connectivity index (χ0v) is 9.68. The molecule has 2 atom stereocenters. The third-order valence-corrected chi connectivity index (χ3v) is 3.63. The van der Waals surface area contributed by atoms with Crippen molar-refractivity contribution < 1.29 is 13.2 Å². The topological polar surface area (TPSA) is 26.0 Å². The van der Waals surface area contributed by atoms with E-state index in [9.17, 15) is 13.2 Å². The largest absolute Gasteiger partial charge is 0.402 e. The summed E-state index contributed by atoms with van der Waals surface area (Å²) >= 11 is 0.840. The van der Waals surface area contributed by atoms with Gasteiger partial charge in [-0.25, -0.2) is 0 Å². The average molecular weight is 249 g/mol. The first kappa shape index (κ1) is 13.4. The maximum absolute atomic E-state index is 12.6. The average Bonchev–Trinajstić information content (AvgIpc) is 2.17. The highest BCUT2D eigenvalue weighted by molar-refractivity contribution is 7.99. The first-order valence-corrected chi connectivity index (χ1v) is 5.94. The molecule has 0 saturated heterocycles. The van der Waals surface area contributed by atoms with Crippen LogP contribution in [0.1, 0.15) is 12.5 Å². The van der Waals surface area contributed by atoms with Crippen LogP contribution in [0.25, 0.3) is 0 Å². The predicted molar refractivity (Wildman–Crippen MR) is 61.2 cm³/mol. The smallest absolute Gasteiger partial charge is 0.327 e. The maximum Gasteiger partial charge on any atom is 0.402 e. The van der Waals surface area contributed by atoms with Gasteiger partial charge in [-0.15, -0.1) is 11.8 Å². The summed E-state index contributed by atoms with van der Waals surface area (Å²) in [5.74, 6) is 0.326. The van der Waals surface area contributed by atoms with E-state index < -0.39 is 17.5 Å². The van der Waals surface area contributed by atoms with E-state index in [0.29, 0.717) is 5.75 Å². The summed E-state index contributed by atoms with van der Waals surface area (Å²) in [5, 5.41) is -1.51. The van der Waals surface area contributed by atoms with Gasteiger partial charge in [0.05, 0.1) is 0 Å². The molecule has 0 bridgehead atoms. The highest BCUT2D eigenvalue weighted by Crippen LogP contribution is 2.33. The molecule has 1 nitrogen and oxygen atoms in total. The molecule has 0 saturated carbocycles. The quantitative estimate of drug-likeness (QED) is 0.886. The zero-order valence-electron chi connectivity index (χ0n) is 8.87. The van der Waals surface area contributed by atoms with Crippen molar-refractivity contribution in [3.05, 3.63) is 35.9 Å². The van der Waals surface area contributed by atoms with E-state index in [1.807, 2.05) is 30.3 Å². The number of alkyl halides is 3. The Bertz CT molecular complexity index is 311. The van der Waals surface area contributed by atoms with Crippen LogP contribution in [0.4, 0.5) is 13.2 Å². The van der Waals surface area contributed by atoms with Crippen molar-refractivity contribution in [2.45, 2.75) is 30.1 Å². The van der Waals surface area contributed by atoms with E-state index in [0.717, 1.165) is 17.3 Å². The van der Waals surface area contributed by atoms with Crippen LogP contribution in [0.5, 0.6) is 0 Å². The normalized spacial score (nSPS) is 15.8. The van der Waals surface area contributed by atoms with Gasteiger partial charge in [-0.2, -0.15) is 13.2 Å². The Kier molecular flexibility index (Phi) is 4.68. The van der Waals surface area contributed by atoms with Gasteiger partial charge in [-0.3, -0.25) is 0 Å². The van der Waals surface area contributed by atoms with Gasteiger partial charge in [-0.1, -0.05) is 30.3 Å². The van der Waals surface area contributed by atoms with E-state index in [2.05, 4.69) is 0 Å². The second-order valence-corrected chi connectivity index (χ2v) is 4.75. The number of halogens is 3. The van der Waals surface area contributed by atoms with E-state index in [-0.39, 0.29) is 0 Å². The minimum atomic E-state index is -4.24. The van der Waals surface area contributed by atoms with Crippen LogP contribution in [-0.4, -0.2) is 17.5 Å². The molecule has 1 rings (SSSR count). The molecule has 5 heteroatoms. The molecule has 0 heterocycles. The van der Waals surface area contributed by atoms with Gasteiger partial charge in [-0.05, 0) is 12.5 Å². The lowest BCUT2D eigenvalue weighted by atomic mass is 10.2. The molecule has 2 unspecified atom stereocenters. The minimum absolute atomic E-state index is 0.326. The van der Waals surface area contributed by atoms with Crippen molar-refractivity contribution >= 4 is 11.8 Å². The molecule has 90 valence electrons. The first-order valence-electron chi connectivity index (χ1n) is 4.89. The highest BCUT2D eigenvalue weighted by atomic mass is 32.2. The Balaban J connectivity index is 2.58. The molecular formula is C11H14F3NS. The number of rotatable bonds is 4. The summed E-state index contributed by atoms with van der Waals surface area (Å²) in [6, 6.07) is 8.17. The maximum atomic E-state index is 12.6. The Morgan fingerprint density at radius 2 is 1.81 bits per heavy atom. The molecule has 0 aliphatic heterocycles. The molecule has 0 aromatic heterocycles. The van der Waals surface area contributed by atoms with Crippen LogP contribution in [0, 0.1) is 0 Å². The summed E-state index contributed by atoms with van der Waals surface area (Å²) in [6.45, 7) is 1.39. The molecule has 0 aliphatic rings. The number of nitrogens with two attached hydrogens (primary N) is 1. The van der Waals surface area contributed by atoms with Crippen molar-refractivity contribution in [2.75, 3.05) is 0 Å². The standard InChI is InChI=1S/C11H14F3NS/c1-8(15)10(11(12,13)14)16-7-9-5-3-2-4-6-9/h2-6,8,10H,7,15H2,1H3. The molecule has 0 radical (unpaired) electrons. The van der Waals surface area contributed by atoms with Crippen molar-refractivity contribution in [3.63, 3.8) is 0 Å². The summed E-state index contributed by atoms with van der Waals surface area (Å²) in [5.41, 5.74) is 6.22. The van der Waals surface area contributed by atoms with E-state index in [1.54, 1.807) is 0 Å². The van der Waals surface area contributed by atoms with E-state index in [1.165, 1.54) is 6.92 Å². The summed E-state index contributed by atoms with van der Waals surface area (Å²) < 4.78 is 37.7. The molecule has 0 aliphatic carbocycles. The van der Waals surface area contributed by atoms with E-state index in [4.69, 9.17) is 5.73 Å². The van der Waals surface area contributed by atoms with Crippen LogP contribution in [0.3, 0.4) is 0 Å². The number of hydrogen-bond donors (Lipinski definition) is 1. The Labute approximate surface area is 97.2 Å². The van der Waals surface area contributed by atoms with Crippen molar-refractivity contribution in [1.82, 2.24) is 0 Å². The molecular weight excluding hydrogens is 235 g/mol. The molecule has 1 aromatic rings. The fourth-order valence-electron chi connectivity index (χ4n) is 1.30. The summed E-state index contributed by atoms with van der Waals surface area (Å²) in [7, 11) is 0.